The van der Waals surface area contributed by atoms with Gasteiger partial charge in [0.2, 0.25) is 11.8 Å². The molecule has 2 fully saturated rings. The summed E-state index contributed by atoms with van der Waals surface area (Å²) in [5.41, 5.74) is 11.7. The molecule has 2 heterocycles. The first-order valence-electron chi connectivity index (χ1n) is 11.3. The van der Waals surface area contributed by atoms with Gasteiger partial charge in [-0.3, -0.25) is 9.59 Å². The summed E-state index contributed by atoms with van der Waals surface area (Å²) in [6.45, 7) is 9.94. The molecule has 6 N–H and O–H groups in total. The maximum absolute atomic E-state index is 11.7. The maximum Gasteiger partial charge on any atom is 0.328 e. The minimum absolute atomic E-state index is 0.124. The number of thioether (sulfide) groups is 2. The second-order valence-corrected chi connectivity index (χ2v) is 10.3. The average Bonchev–Trinajstić information content (AvgIpc) is 3.55. The molecule has 12 heteroatoms. The molecule has 34 heavy (non-hydrogen) atoms. The van der Waals surface area contributed by atoms with Crippen molar-refractivity contribution in [1.29, 1.82) is 0 Å². The highest BCUT2D eigenvalue weighted by molar-refractivity contribution is 7.99. The normalized spacial score (nSPS) is 18.8. The van der Waals surface area contributed by atoms with Crippen molar-refractivity contribution in [1.82, 2.24) is 9.80 Å². The van der Waals surface area contributed by atoms with Crippen molar-refractivity contribution in [3.63, 3.8) is 0 Å². The number of nitrogens with two attached hydrogens (primary N) is 2. The number of hydrogen-bond donors (Lipinski definition) is 4. The van der Waals surface area contributed by atoms with Crippen molar-refractivity contribution in [3.05, 3.63) is 12.2 Å². The number of carboxylic acid groups (broad SMARTS) is 2. The molecule has 0 saturated carbocycles. The molecule has 2 aliphatic heterocycles. The SMILES string of the molecule is CCC(C)C(N)C(=O)N1CCSC1.CCC(C)C(N)C(=O)N1CCSC1.O=C(O)C=CC(=O)O. The molecule has 196 valence electrons. The van der Waals surface area contributed by atoms with Crippen LogP contribution in [0.15, 0.2) is 12.2 Å². The lowest BCUT2D eigenvalue weighted by Gasteiger charge is -2.23. The second kappa shape index (κ2) is 17.6. The first-order chi connectivity index (χ1) is 16.0. The van der Waals surface area contributed by atoms with Crippen LogP contribution in [-0.2, 0) is 19.2 Å². The number of hydrogen-bond acceptors (Lipinski definition) is 8. The van der Waals surface area contributed by atoms with Crippen molar-refractivity contribution in [3.8, 4) is 0 Å². The third kappa shape index (κ3) is 12.6. The highest BCUT2D eigenvalue weighted by atomic mass is 32.2. The third-order valence-corrected chi connectivity index (χ3v) is 7.51. The highest BCUT2D eigenvalue weighted by Gasteiger charge is 2.27. The summed E-state index contributed by atoms with van der Waals surface area (Å²) in [5.74, 6) is 2.07. The van der Waals surface area contributed by atoms with Crippen LogP contribution in [0.2, 0.25) is 0 Å². The average molecular weight is 521 g/mol. The quantitative estimate of drug-likeness (QED) is 0.344. The Labute approximate surface area is 210 Å². The Morgan fingerprint density at radius 2 is 1.12 bits per heavy atom. The molecule has 0 aliphatic carbocycles. The molecule has 2 rings (SSSR count). The zero-order valence-electron chi connectivity index (χ0n) is 20.5. The Morgan fingerprint density at radius 1 is 0.794 bits per heavy atom. The van der Waals surface area contributed by atoms with E-state index >= 15 is 0 Å². The second-order valence-electron chi connectivity index (χ2n) is 8.11. The smallest absolute Gasteiger partial charge is 0.328 e. The molecule has 2 aliphatic rings. The lowest BCUT2D eigenvalue weighted by molar-refractivity contribution is -0.134. The number of amides is 2. The fraction of sp³-hybridized carbons (Fsp3) is 0.727. The van der Waals surface area contributed by atoms with E-state index in [4.69, 9.17) is 21.7 Å². The van der Waals surface area contributed by atoms with Gasteiger partial charge in [0.1, 0.15) is 0 Å². The van der Waals surface area contributed by atoms with E-state index in [2.05, 4.69) is 13.8 Å². The Hall–Kier alpha value is -1.76. The van der Waals surface area contributed by atoms with Gasteiger partial charge in [-0.25, -0.2) is 9.59 Å². The van der Waals surface area contributed by atoms with Crippen LogP contribution in [0.1, 0.15) is 40.5 Å². The van der Waals surface area contributed by atoms with Crippen LogP contribution >= 0.6 is 23.5 Å². The van der Waals surface area contributed by atoms with Gasteiger partial charge < -0.3 is 31.5 Å². The number of nitrogens with zero attached hydrogens (tertiary/aromatic N) is 2. The molecule has 0 bridgehead atoms. The van der Waals surface area contributed by atoms with Gasteiger partial charge in [-0.2, -0.15) is 0 Å². The van der Waals surface area contributed by atoms with E-state index in [0.29, 0.717) is 12.2 Å². The lowest BCUT2D eigenvalue weighted by atomic mass is 9.99. The number of carbonyl (C=O) groups is 4. The molecule has 2 amide bonds. The summed E-state index contributed by atoms with van der Waals surface area (Å²) in [7, 11) is 0. The van der Waals surface area contributed by atoms with Gasteiger partial charge in [-0.15, -0.1) is 23.5 Å². The monoisotopic (exact) mass is 520 g/mol. The summed E-state index contributed by atoms with van der Waals surface area (Å²) in [6.07, 6.45) is 3.05. The van der Waals surface area contributed by atoms with Gasteiger partial charge >= 0.3 is 11.9 Å². The molecular formula is C22H40N4O6S2. The van der Waals surface area contributed by atoms with E-state index in [1.165, 1.54) is 0 Å². The molecule has 10 nitrogen and oxygen atoms in total. The van der Waals surface area contributed by atoms with E-state index in [1.54, 1.807) is 23.5 Å². The number of carboxylic acids is 2. The lowest BCUT2D eigenvalue weighted by Crippen LogP contribution is -2.45. The van der Waals surface area contributed by atoms with Crippen LogP contribution in [0.5, 0.6) is 0 Å². The van der Waals surface area contributed by atoms with Gasteiger partial charge in [-0.05, 0) is 11.8 Å². The molecular weight excluding hydrogens is 480 g/mol. The van der Waals surface area contributed by atoms with Crippen molar-refractivity contribution in [2.45, 2.75) is 52.6 Å². The predicted octanol–water partition coefficient (Wildman–Crippen LogP) is 1.50. The molecule has 4 atom stereocenters. The van der Waals surface area contributed by atoms with Crippen LogP contribution in [0, 0.1) is 11.8 Å². The zero-order valence-corrected chi connectivity index (χ0v) is 22.1. The van der Waals surface area contributed by atoms with Gasteiger partial charge in [0.15, 0.2) is 0 Å². The third-order valence-electron chi connectivity index (χ3n) is 5.58. The van der Waals surface area contributed by atoms with Gasteiger partial charge in [-0.1, -0.05) is 40.5 Å². The highest BCUT2D eigenvalue weighted by Crippen LogP contribution is 2.17. The van der Waals surface area contributed by atoms with E-state index in [-0.39, 0.29) is 35.7 Å². The van der Waals surface area contributed by atoms with Crippen LogP contribution in [0.3, 0.4) is 0 Å². The predicted molar refractivity (Wildman–Crippen MR) is 137 cm³/mol. The molecule has 0 spiro atoms. The van der Waals surface area contributed by atoms with E-state index in [9.17, 15) is 19.2 Å². The summed E-state index contributed by atoms with van der Waals surface area (Å²) in [4.78, 5) is 46.3. The van der Waals surface area contributed by atoms with E-state index in [1.807, 2.05) is 23.6 Å². The van der Waals surface area contributed by atoms with Crippen LogP contribution in [0.4, 0.5) is 0 Å². The fourth-order valence-electron chi connectivity index (χ4n) is 2.73. The first kappa shape index (κ1) is 32.2. The summed E-state index contributed by atoms with van der Waals surface area (Å²) < 4.78 is 0. The first-order valence-corrected chi connectivity index (χ1v) is 13.6. The van der Waals surface area contributed by atoms with Crippen LogP contribution in [0.25, 0.3) is 0 Å². The molecule has 0 aromatic rings. The Balaban J connectivity index is 0.000000497. The fourth-order valence-corrected chi connectivity index (χ4v) is 4.65. The van der Waals surface area contributed by atoms with Crippen LogP contribution < -0.4 is 11.5 Å². The standard InChI is InChI=1S/2C9H18N2OS.C4H4O4/c2*1-3-7(2)8(10)9(12)11-4-5-13-6-11;5-3(6)1-2-4(7)8/h2*7-8H,3-6,10H2,1-2H3;1-2H,(H,5,6)(H,7,8). The zero-order chi connectivity index (χ0) is 26.3. The molecule has 0 aromatic heterocycles. The molecule has 0 aromatic carbocycles. The van der Waals surface area contributed by atoms with Crippen molar-refractivity contribution >= 4 is 47.3 Å². The number of aliphatic carboxylic acids is 2. The minimum Gasteiger partial charge on any atom is -0.478 e. The van der Waals surface area contributed by atoms with Gasteiger partial charge in [0.05, 0.1) is 23.8 Å². The topological polar surface area (TPSA) is 167 Å². The van der Waals surface area contributed by atoms with Crippen molar-refractivity contribution in [2.75, 3.05) is 36.3 Å². The molecule has 0 radical (unpaired) electrons. The minimum atomic E-state index is -1.26. The molecule has 4 unspecified atom stereocenters. The van der Waals surface area contributed by atoms with Crippen LogP contribution in [-0.4, -0.2) is 92.2 Å². The number of rotatable bonds is 8. The van der Waals surface area contributed by atoms with Crippen molar-refractivity contribution < 1.29 is 29.4 Å². The van der Waals surface area contributed by atoms with Gasteiger partial charge in [0.25, 0.3) is 0 Å². The molecule has 2 saturated heterocycles. The Morgan fingerprint density at radius 3 is 1.32 bits per heavy atom. The van der Waals surface area contributed by atoms with Gasteiger partial charge in [0, 0.05) is 36.7 Å². The Kier molecular flexibility index (Phi) is 16.7. The maximum atomic E-state index is 11.7. The summed E-state index contributed by atoms with van der Waals surface area (Å²) >= 11 is 3.59. The number of carbonyl (C=O) groups excluding carboxylic acids is 2. The van der Waals surface area contributed by atoms with Crippen molar-refractivity contribution in [2.24, 2.45) is 23.3 Å². The largest absolute Gasteiger partial charge is 0.478 e. The summed E-state index contributed by atoms with van der Waals surface area (Å²) in [5, 5.41) is 15.6. The Bertz CT molecular complexity index is 626. The van der Waals surface area contributed by atoms with E-state index < -0.39 is 11.9 Å². The van der Waals surface area contributed by atoms with E-state index in [0.717, 1.165) is 49.2 Å². The summed E-state index contributed by atoms with van der Waals surface area (Å²) in [6, 6.07) is -0.604.